The van der Waals surface area contributed by atoms with Gasteiger partial charge in [-0.1, -0.05) is 22.6 Å². The Hall–Kier alpha value is -1.59. The lowest BCUT2D eigenvalue weighted by molar-refractivity contribution is -0.120. The van der Waals surface area contributed by atoms with Gasteiger partial charge in [0.25, 0.3) is 0 Å². The second-order valence-electron chi connectivity index (χ2n) is 6.24. The van der Waals surface area contributed by atoms with E-state index in [2.05, 4.69) is 28.7 Å². The van der Waals surface area contributed by atoms with Crippen molar-refractivity contribution in [3.8, 4) is 11.8 Å². The minimum Gasteiger partial charge on any atom is -0.487 e. The number of halogens is 1. The molecule has 1 aromatic carbocycles. The standard InChI is InChI=1S/C17H16INO4/c1-17(2)16(21)15(22-10-6-12(18)13(20)7-10)11-5-9(8-19)3-4-14(11)23-17/h3-5,7,12,15-16,21H,6H2,1-2H3. The van der Waals surface area contributed by atoms with E-state index in [4.69, 9.17) is 14.7 Å². The number of aliphatic hydroxyl groups excluding tert-OH is 1. The molecule has 2 aliphatic rings. The summed E-state index contributed by atoms with van der Waals surface area (Å²) in [5, 5.41) is 19.7. The Morgan fingerprint density at radius 3 is 2.83 bits per heavy atom. The summed E-state index contributed by atoms with van der Waals surface area (Å²) in [5.41, 5.74) is 0.260. The number of benzene rings is 1. The van der Waals surface area contributed by atoms with Crippen molar-refractivity contribution >= 4 is 28.4 Å². The fraction of sp³-hybridized carbons (Fsp3) is 0.412. The van der Waals surface area contributed by atoms with Crippen molar-refractivity contribution in [1.29, 1.82) is 5.26 Å². The number of ketones is 1. The molecule has 6 heteroatoms. The number of hydrogen-bond acceptors (Lipinski definition) is 5. The topological polar surface area (TPSA) is 79.5 Å². The van der Waals surface area contributed by atoms with Crippen LogP contribution in [0.2, 0.25) is 0 Å². The molecule has 1 N–H and O–H groups in total. The number of nitrogens with zero attached hydrogens (tertiary/aromatic N) is 1. The van der Waals surface area contributed by atoms with Crippen LogP contribution in [0.25, 0.3) is 0 Å². The van der Waals surface area contributed by atoms with Gasteiger partial charge in [-0.2, -0.15) is 5.26 Å². The molecule has 0 fully saturated rings. The van der Waals surface area contributed by atoms with Gasteiger partial charge in [0.05, 0.1) is 15.6 Å². The molecule has 0 radical (unpaired) electrons. The molecular formula is C17H16INO4. The first-order valence-electron chi connectivity index (χ1n) is 7.28. The molecular weight excluding hydrogens is 409 g/mol. The Labute approximate surface area is 148 Å². The summed E-state index contributed by atoms with van der Waals surface area (Å²) in [6.07, 6.45) is 0.396. The van der Waals surface area contributed by atoms with E-state index in [1.54, 1.807) is 32.0 Å². The molecule has 1 aliphatic heterocycles. The van der Waals surface area contributed by atoms with Crippen molar-refractivity contribution < 1.29 is 19.4 Å². The summed E-state index contributed by atoms with van der Waals surface area (Å²) in [6, 6.07) is 7.13. The summed E-state index contributed by atoms with van der Waals surface area (Å²) in [4.78, 5) is 11.7. The van der Waals surface area contributed by atoms with Crippen molar-refractivity contribution in [3.05, 3.63) is 41.2 Å². The van der Waals surface area contributed by atoms with Crippen LogP contribution < -0.4 is 4.74 Å². The highest BCUT2D eigenvalue weighted by Gasteiger charge is 2.45. The van der Waals surface area contributed by atoms with Gasteiger partial charge in [-0.25, -0.2) is 0 Å². The summed E-state index contributed by atoms with van der Waals surface area (Å²) in [7, 11) is 0. The molecule has 0 saturated heterocycles. The number of carbonyl (C=O) groups is 1. The molecule has 3 atom stereocenters. The van der Waals surface area contributed by atoms with Crippen LogP contribution in [0.4, 0.5) is 0 Å². The minimum absolute atomic E-state index is 0.0207. The van der Waals surface area contributed by atoms with E-state index in [9.17, 15) is 9.90 Å². The zero-order chi connectivity index (χ0) is 16.8. The van der Waals surface area contributed by atoms with Crippen LogP contribution in [0.15, 0.2) is 30.0 Å². The van der Waals surface area contributed by atoms with Crippen LogP contribution in [0, 0.1) is 11.3 Å². The Morgan fingerprint density at radius 1 is 1.48 bits per heavy atom. The van der Waals surface area contributed by atoms with Gasteiger partial charge in [0.1, 0.15) is 23.2 Å². The van der Waals surface area contributed by atoms with Gasteiger partial charge in [0.15, 0.2) is 11.9 Å². The second kappa shape index (κ2) is 5.80. The third kappa shape index (κ3) is 2.95. The van der Waals surface area contributed by atoms with Crippen LogP contribution in [0.1, 0.15) is 37.5 Å². The second-order valence-corrected chi connectivity index (χ2v) is 7.74. The highest BCUT2D eigenvalue weighted by molar-refractivity contribution is 14.1. The third-order valence-corrected chi connectivity index (χ3v) is 5.14. The zero-order valence-electron chi connectivity index (χ0n) is 12.7. The van der Waals surface area contributed by atoms with E-state index in [-0.39, 0.29) is 9.71 Å². The van der Waals surface area contributed by atoms with E-state index in [0.717, 1.165) is 0 Å². The monoisotopic (exact) mass is 425 g/mol. The summed E-state index contributed by atoms with van der Waals surface area (Å²) in [5.74, 6) is 1.16. The lowest BCUT2D eigenvalue weighted by Gasteiger charge is -2.42. The van der Waals surface area contributed by atoms with Crippen molar-refractivity contribution in [3.63, 3.8) is 0 Å². The van der Waals surface area contributed by atoms with Crippen molar-refractivity contribution in [2.75, 3.05) is 0 Å². The maximum Gasteiger partial charge on any atom is 0.172 e. The normalized spacial score (nSPS) is 28.4. The van der Waals surface area contributed by atoms with E-state index in [1.165, 1.54) is 6.08 Å². The molecule has 5 nitrogen and oxygen atoms in total. The number of alkyl halides is 1. The fourth-order valence-electron chi connectivity index (χ4n) is 2.77. The average Bonchev–Trinajstić information content (AvgIpc) is 2.81. The zero-order valence-corrected chi connectivity index (χ0v) is 14.9. The molecule has 1 heterocycles. The lowest BCUT2D eigenvalue weighted by atomic mass is 9.87. The number of fused-ring (bicyclic) bond motifs is 1. The third-order valence-electron chi connectivity index (χ3n) is 4.09. The highest BCUT2D eigenvalue weighted by Crippen LogP contribution is 2.44. The Kier molecular flexibility index (Phi) is 4.10. The number of allylic oxidation sites excluding steroid dienone is 2. The van der Waals surface area contributed by atoms with Gasteiger partial charge in [0, 0.05) is 18.1 Å². The molecule has 3 rings (SSSR count). The van der Waals surface area contributed by atoms with Crippen LogP contribution >= 0.6 is 22.6 Å². The van der Waals surface area contributed by atoms with E-state index < -0.39 is 17.8 Å². The van der Waals surface area contributed by atoms with Crippen LogP contribution in [0.3, 0.4) is 0 Å². The van der Waals surface area contributed by atoms with E-state index in [1.807, 2.05) is 0 Å². The quantitative estimate of drug-likeness (QED) is 0.583. The number of carbonyl (C=O) groups excluding carboxylic acids is 1. The SMILES string of the molecule is CC1(C)Oc2ccc(C#N)cc2C(OC2=CC(=O)C(I)C2)C1O. The number of ether oxygens (including phenoxy) is 2. The van der Waals surface area contributed by atoms with Gasteiger partial charge < -0.3 is 14.6 Å². The first-order valence-corrected chi connectivity index (χ1v) is 8.52. The number of hydrogen-bond donors (Lipinski definition) is 1. The first-order chi connectivity index (χ1) is 10.8. The molecule has 3 unspecified atom stereocenters. The maximum atomic E-state index is 11.7. The van der Waals surface area contributed by atoms with Gasteiger partial charge in [-0.3, -0.25) is 4.79 Å². The number of aliphatic hydroxyl groups is 1. The Bertz CT molecular complexity index is 735. The predicted molar refractivity (Wildman–Crippen MR) is 91.2 cm³/mol. The average molecular weight is 425 g/mol. The Balaban J connectivity index is 1.99. The molecule has 0 bridgehead atoms. The fourth-order valence-corrected chi connectivity index (χ4v) is 3.38. The van der Waals surface area contributed by atoms with Crippen molar-refractivity contribution in [2.45, 2.75) is 42.0 Å². The molecule has 120 valence electrons. The highest BCUT2D eigenvalue weighted by atomic mass is 127. The number of nitriles is 1. The van der Waals surface area contributed by atoms with E-state index in [0.29, 0.717) is 29.1 Å². The maximum absolute atomic E-state index is 11.7. The summed E-state index contributed by atoms with van der Waals surface area (Å²) < 4.78 is 11.7. The first kappa shape index (κ1) is 16.3. The van der Waals surface area contributed by atoms with Crippen molar-refractivity contribution in [2.24, 2.45) is 0 Å². The Morgan fingerprint density at radius 2 is 2.22 bits per heavy atom. The minimum atomic E-state index is -0.923. The van der Waals surface area contributed by atoms with E-state index >= 15 is 0 Å². The predicted octanol–water partition coefficient (Wildman–Crippen LogP) is 2.81. The largest absolute Gasteiger partial charge is 0.487 e. The van der Waals surface area contributed by atoms with Crippen LogP contribution in [-0.2, 0) is 9.53 Å². The molecule has 0 spiro atoms. The number of rotatable bonds is 2. The van der Waals surface area contributed by atoms with Gasteiger partial charge in [0.2, 0.25) is 0 Å². The molecule has 1 aliphatic carbocycles. The van der Waals surface area contributed by atoms with Gasteiger partial charge >= 0.3 is 0 Å². The molecule has 0 aromatic heterocycles. The van der Waals surface area contributed by atoms with Gasteiger partial charge in [-0.15, -0.1) is 0 Å². The van der Waals surface area contributed by atoms with Crippen LogP contribution in [0.5, 0.6) is 5.75 Å². The molecule has 0 amide bonds. The molecule has 23 heavy (non-hydrogen) atoms. The smallest absolute Gasteiger partial charge is 0.172 e. The van der Waals surface area contributed by atoms with Crippen molar-refractivity contribution in [1.82, 2.24) is 0 Å². The summed E-state index contributed by atoms with van der Waals surface area (Å²) >= 11 is 2.08. The van der Waals surface area contributed by atoms with Crippen LogP contribution in [-0.4, -0.2) is 26.5 Å². The molecule has 0 saturated carbocycles. The lowest BCUT2D eigenvalue weighted by Crippen LogP contribution is -2.49. The summed E-state index contributed by atoms with van der Waals surface area (Å²) in [6.45, 7) is 3.56. The molecule has 1 aromatic rings. The van der Waals surface area contributed by atoms with Gasteiger partial charge in [-0.05, 0) is 32.0 Å².